The van der Waals surface area contributed by atoms with Gasteiger partial charge in [0, 0.05) is 104 Å². The highest BCUT2D eigenvalue weighted by atomic mass is 32.2. The molecule has 7 saturated heterocycles. The van der Waals surface area contributed by atoms with E-state index in [2.05, 4.69) is 71.2 Å². The van der Waals surface area contributed by atoms with Crippen LogP contribution in [-0.2, 0) is 52.4 Å². The molecule has 0 aromatic carbocycles. The third-order valence-corrected chi connectivity index (χ3v) is 16.5. The van der Waals surface area contributed by atoms with Crippen LogP contribution >= 0.6 is 35.3 Å². The van der Waals surface area contributed by atoms with E-state index in [0.717, 1.165) is 88.2 Å². The van der Waals surface area contributed by atoms with Crippen LogP contribution in [0.15, 0.2) is 27.2 Å². The number of nitrogens with two attached hydrogens (primary N) is 1. The average Bonchev–Trinajstić information content (AvgIpc) is 1.60. The molecule has 30 nitrogen and oxygen atoms in total. The van der Waals surface area contributed by atoms with Crippen LogP contribution in [0, 0.1) is 5.41 Å². The number of likely N-dealkylation sites (tertiary alicyclic amines) is 3. The Kier molecular flexibility index (Phi) is 36.1. The first-order chi connectivity index (χ1) is 45.8. The van der Waals surface area contributed by atoms with Crippen molar-refractivity contribution in [3.05, 3.63) is 33.9 Å². The number of hydrogen-bond acceptors (Lipinski definition) is 27. The molecule has 0 spiro atoms. The summed E-state index contributed by atoms with van der Waals surface area (Å²) in [6.45, 7) is 32.8. The number of hydrogen-bond donors (Lipinski definition) is 6. The maximum atomic E-state index is 12.3. The Morgan fingerprint density at radius 1 is 0.663 bits per heavy atom. The van der Waals surface area contributed by atoms with E-state index in [-0.39, 0.29) is 48.1 Å². The van der Waals surface area contributed by atoms with Gasteiger partial charge in [-0.2, -0.15) is 0 Å². The summed E-state index contributed by atoms with van der Waals surface area (Å²) in [5.74, 6) is -2.82. The van der Waals surface area contributed by atoms with Gasteiger partial charge in [-0.3, -0.25) is 44.1 Å². The van der Waals surface area contributed by atoms with Gasteiger partial charge in [0.15, 0.2) is 21.3 Å². The number of ether oxygens (including phenoxy) is 6. The Balaban J connectivity index is 0.000000310. The summed E-state index contributed by atoms with van der Waals surface area (Å²) in [5.41, 5.74) is 4.72. The molecule has 0 unspecified atom stereocenters. The van der Waals surface area contributed by atoms with Gasteiger partial charge < -0.3 is 69.6 Å². The first-order valence-corrected chi connectivity index (χ1v) is 36.8. The normalized spacial score (nSPS) is 20.7. The molecule has 0 radical (unpaired) electrons. The minimum Gasteiger partial charge on any atom is -0.480 e. The van der Waals surface area contributed by atoms with E-state index >= 15 is 0 Å². The van der Waals surface area contributed by atoms with Crippen molar-refractivity contribution >= 4 is 94.2 Å². The maximum absolute atomic E-state index is 12.3. The van der Waals surface area contributed by atoms with Crippen molar-refractivity contribution in [2.45, 2.75) is 204 Å². The van der Waals surface area contributed by atoms with Crippen LogP contribution in [0.1, 0.15) is 171 Å². The predicted octanol–water partition coefficient (Wildman–Crippen LogP) is 7.29. The van der Waals surface area contributed by atoms with Crippen molar-refractivity contribution in [3.63, 3.8) is 0 Å². The first kappa shape index (κ1) is 85.7. The number of cyclic esters (lactones) is 2. The monoisotopic (exact) mass is 1440 g/mol. The standard InChI is InChI=1S/C14H23N5S.C14H21N3O3S.C14H23NO5.C10H17NO4.C6H8O4.C5H12N2.C2H6N2S/c1-18-6-8-19(9-7-18)13-10-12(11-4-3-5-15-11)16-14(17-13)20-2;1-14(2,3)20-13(19)17-7-5-6-10(17)9-8-11(18)16-12(15-9)21-4;1-5-19-12(17)9-11(16)10-7-6-8-15(10)13(18)20-14(2,3)4;1-10(2,3)15-9(14)11-6-4-5-7(11)8(12)13;1-6(2)9-4(7)3-5(8)10-6;1-7-4-2-6-3-5-7;1-5-2(3)4/h10-11,15H,3-9H2,1-2H3;8,10H,5-7H2,1-4H3,(H,15,16,18);10H,5-9H2,1-4H3;7H,4-6H2,1-3H3,(H,12,13);3H2,1-2H3;6H,2-5H2,1H3;1H3,(H3,3,4)/t11-;2*10-;7-;;;/m0000.../s1. The second-order valence-electron chi connectivity index (χ2n) is 27.2. The molecule has 98 heavy (non-hydrogen) atoms. The molecule has 9 rings (SSSR count). The van der Waals surface area contributed by atoms with Gasteiger partial charge in [0.2, 0.25) is 0 Å². The van der Waals surface area contributed by atoms with Crippen LogP contribution in [0.2, 0.25) is 0 Å². The zero-order valence-electron chi connectivity index (χ0n) is 60.6. The molecule has 7 aliphatic heterocycles. The number of H-pyrrole nitrogens is 1. The van der Waals surface area contributed by atoms with Crippen molar-refractivity contribution in [1.82, 2.24) is 55.1 Å². The zero-order chi connectivity index (χ0) is 73.7. The van der Waals surface area contributed by atoms with Crippen LogP contribution in [-0.4, -0.2) is 255 Å². The van der Waals surface area contributed by atoms with Gasteiger partial charge >= 0.3 is 42.2 Å². The molecule has 2 aromatic rings. The molecule has 0 saturated carbocycles. The molecule has 7 aliphatic rings. The van der Waals surface area contributed by atoms with Crippen molar-refractivity contribution in [3.8, 4) is 0 Å². The highest BCUT2D eigenvalue weighted by Crippen LogP contribution is 2.33. The highest BCUT2D eigenvalue weighted by molar-refractivity contribution is 8.13. The molecular formula is C65H110N14O16S3. The number of aromatic nitrogens is 4. The lowest BCUT2D eigenvalue weighted by atomic mass is 10.1. The third-order valence-electron chi connectivity index (χ3n) is 14.9. The molecule has 33 heteroatoms. The Morgan fingerprint density at radius 3 is 1.61 bits per heavy atom. The highest BCUT2D eigenvalue weighted by Gasteiger charge is 2.40. The number of ketones is 1. The largest absolute Gasteiger partial charge is 0.480 e. The number of carboxylic acid groups (broad SMARTS) is 1. The van der Waals surface area contributed by atoms with E-state index in [4.69, 9.17) is 45.2 Å². The first-order valence-electron chi connectivity index (χ1n) is 33.1. The molecule has 3 amide bonds. The quantitative estimate of drug-likeness (QED) is 0.0258. The molecule has 0 bridgehead atoms. The van der Waals surface area contributed by atoms with Gasteiger partial charge in [-0.1, -0.05) is 35.3 Å². The third kappa shape index (κ3) is 32.6. The number of aromatic amines is 1. The Morgan fingerprint density at radius 2 is 1.16 bits per heavy atom. The van der Waals surface area contributed by atoms with Crippen LogP contribution < -0.4 is 26.8 Å². The Hall–Kier alpha value is -6.52. The maximum Gasteiger partial charge on any atom is 0.411 e. The van der Waals surface area contributed by atoms with Crippen molar-refractivity contribution in [2.24, 2.45) is 5.73 Å². The number of esters is 3. The summed E-state index contributed by atoms with van der Waals surface area (Å²) < 4.78 is 29.9. The SMILES string of the molecule is CC(C)(C)OC(=O)N1CCC[C@H]1C(=O)O.CC1(C)OC(=O)CC(=O)O1.CCOC(=O)CC(=O)[C@@H]1CCCN1C(=O)OC(C)(C)C.CN1CCNCC1.CSC(=N)N.CSc1nc([C@@H]2CCCN2)cc(N2CCN(C)CC2)n1.CSc1nc([C@@H]2CCCN2C(=O)OC(C)(C)C)cc(=O)[nH]1. The molecule has 554 valence electrons. The van der Waals surface area contributed by atoms with E-state index < -0.39 is 70.7 Å². The van der Waals surface area contributed by atoms with Crippen molar-refractivity contribution in [1.29, 1.82) is 5.41 Å². The fourth-order valence-corrected chi connectivity index (χ4v) is 11.2. The average molecular weight is 1440 g/mol. The lowest BCUT2D eigenvalue weighted by Gasteiger charge is -2.33. The van der Waals surface area contributed by atoms with Gasteiger partial charge in [0.25, 0.3) is 11.3 Å². The summed E-state index contributed by atoms with van der Waals surface area (Å²) in [6, 6.07) is 2.58. The van der Waals surface area contributed by atoms with Gasteiger partial charge in [-0.25, -0.2) is 34.1 Å². The number of likely N-dealkylation sites (N-methyl/N-ethyl adjacent to an activating group) is 2. The fraction of sp³-hybridized carbons (Fsp3) is 0.738. The number of amides is 3. The Labute approximate surface area is 590 Å². The number of nitrogens with one attached hydrogen (secondary N) is 4. The topological polar surface area (TPSA) is 377 Å². The van der Waals surface area contributed by atoms with E-state index in [9.17, 15) is 43.2 Å². The summed E-state index contributed by atoms with van der Waals surface area (Å²) >= 11 is 4.25. The number of rotatable bonds is 10. The molecule has 2 aromatic heterocycles. The summed E-state index contributed by atoms with van der Waals surface area (Å²) in [4.78, 5) is 131. The molecular weight excluding hydrogens is 1330 g/mol. The smallest absolute Gasteiger partial charge is 0.411 e. The number of piperazine rings is 2. The molecule has 9 heterocycles. The van der Waals surface area contributed by atoms with Crippen LogP contribution in [0.3, 0.4) is 0 Å². The second kappa shape index (κ2) is 41.3. The molecule has 4 atom stereocenters. The number of carbonyl (C=O) groups is 8. The van der Waals surface area contributed by atoms with Crippen LogP contribution in [0.5, 0.6) is 0 Å². The van der Waals surface area contributed by atoms with Crippen LogP contribution in [0.4, 0.5) is 20.2 Å². The molecule has 7 fully saturated rings. The van der Waals surface area contributed by atoms with Gasteiger partial charge in [0.1, 0.15) is 41.5 Å². The van der Waals surface area contributed by atoms with Crippen molar-refractivity contribution < 1.29 is 71.9 Å². The van der Waals surface area contributed by atoms with Gasteiger partial charge in [-0.15, -0.1) is 0 Å². The van der Waals surface area contributed by atoms with Crippen LogP contribution in [0.25, 0.3) is 0 Å². The lowest BCUT2D eigenvalue weighted by Crippen LogP contribution is -2.45. The predicted molar refractivity (Wildman–Crippen MR) is 378 cm³/mol. The number of aliphatic carboxylic acids is 1. The number of amidine groups is 1. The van der Waals surface area contributed by atoms with E-state index in [1.165, 1.54) is 79.2 Å². The van der Waals surface area contributed by atoms with E-state index in [1.807, 2.05) is 27.0 Å². The zero-order valence-corrected chi connectivity index (χ0v) is 63.1. The van der Waals surface area contributed by atoms with Crippen molar-refractivity contribution in [2.75, 3.05) is 123 Å². The van der Waals surface area contributed by atoms with Gasteiger partial charge in [0.05, 0.1) is 30.1 Å². The minimum absolute atomic E-state index is 0.171. The number of anilines is 1. The summed E-state index contributed by atoms with van der Waals surface area (Å²) in [5, 5.41) is 23.8. The number of nitrogens with zero attached hydrogens (tertiary/aromatic N) is 9. The molecule has 0 aliphatic carbocycles. The number of carboxylic acids is 1. The molecule has 7 N–H and O–H groups in total. The summed E-state index contributed by atoms with van der Waals surface area (Å²) in [7, 11) is 4.33. The summed E-state index contributed by atoms with van der Waals surface area (Å²) in [6.07, 6.45) is 10.3. The van der Waals surface area contributed by atoms with E-state index in [0.29, 0.717) is 49.4 Å². The number of Topliss-reactive ketones (excluding diaryl/α,β-unsaturated/α-hetero) is 1. The van der Waals surface area contributed by atoms with Gasteiger partial charge in [-0.05, 0) is 160 Å². The van der Waals surface area contributed by atoms with E-state index in [1.54, 1.807) is 71.4 Å². The minimum atomic E-state index is -1.08. The number of thioether (sulfide) groups is 3. The Bertz CT molecular complexity index is 2960. The number of carbonyl (C=O) groups excluding carboxylic acids is 7. The second-order valence-corrected chi connectivity index (χ2v) is 29.6. The lowest BCUT2D eigenvalue weighted by molar-refractivity contribution is -0.231. The fourth-order valence-electron chi connectivity index (χ4n) is 10.4.